The zero-order valence-electron chi connectivity index (χ0n) is 12.6. The number of nitrogens with two attached hydrogens (primary N) is 1. The molecule has 5 heteroatoms. The van der Waals surface area contributed by atoms with E-state index in [0.717, 1.165) is 21.3 Å². The van der Waals surface area contributed by atoms with Crippen molar-refractivity contribution in [2.75, 3.05) is 13.2 Å². The van der Waals surface area contributed by atoms with Gasteiger partial charge in [0.15, 0.2) is 0 Å². The number of ether oxygens (including phenoxy) is 2. The molecule has 2 aromatic carbocycles. The van der Waals surface area contributed by atoms with Gasteiger partial charge in [0.05, 0.1) is 5.56 Å². The molecule has 0 amide bonds. The fourth-order valence-corrected chi connectivity index (χ4v) is 2.51. The first-order valence-electron chi connectivity index (χ1n) is 6.89. The van der Waals surface area contributed by atoms with E-state index in [1.165, 1.54) is 5.56 Å². The van der Waals surface area contributed by atoms with Crippen molar-refractivity contribution < 1.29 is 9.47 Å². The van der Waals surface area contributed by atoms with Crippen LogP contribution in [0.15, 0.2) is 40.9 Å². The molecule has 0 fully saturated rings. The molecular formula is C17H18BrNO2S. The molecule has 0 aliphatic carbocycles. The van der Waals surface area contributed by atoms with Crippen molar-refractivity contribution in [3.8, 4) is 11.5 Å². The molecule has 0 unspecified atom stereocenters. The molecule has 2 N–H and O–H groups in total. The number of benzene rings is 2. The molecule has 0 spiro atoms. The van der Waals surface area contributed by atoms with Crippen LogP contribution in [0.25, 0.3) is 0 Å². The third kappa shape index (κ3) is 4.45. The lowest BCUT2D eigenvalue weighted by molar-refractivity contribution is 0.216. The van der Waals surface area contributed by atoms with Crippen molar-refractivity contribution >= 4 is 33.1 Å². The molecule has 0 saturated heterocycles. The summed E-state index contributed by atoms with van der Waals surface area (Å²) in [6.45, 7) is 4.94. The SMILES string of the molecule is Cc1ccc(C)c(OCCOc2ccc(Br)cc2C(N)=S)c1. The van der Waals surface area contributed by atoms with Crippen molar-refractivity contribution in [1.29, 1.82) is 0 Å². The van der Waals surface area contributed by atoms with E-state index in [0.29, 0.717) is 24.0 Å². The first kappa shape index (κ1) is 16.8. The smallest absolute Gasteiger partial charge is 0.129 e. The predicted octanol–water partition coefficient (Wildman–Crippen LogP) is 4.16. The van der Waals surface area contributed by atoms with Gasteiger partial charge in [-0.1, -0.05) is 40.3 Å². The lowest BCUT2D eigenvalue weighted by Gasteiger charge is -2.13. The molecule has 116 valence electrons. The van der Waals surface area contributed by atoms with Gasteiger partial charge in [0.1, 0.15) is 29.7 Å². The Morgan fingerprint density at radius 3 is 2.41 bits per heavy atom. The molecule has 0 aromatic heterocycles. The Hall–Kier alpha value is -1.59. The molecule has 0 bridgehead atoms. The van der Waals surface area contributed by atoms with Gasteiger partial charge in [0.25, 0.3) is 0 Å². The quantitative estimate of drug-likeness (QED) is 0.604. The summed E-state index contributed by atoms with van der Waals surface area (Å²) in [6.07, 6.45) is 0. The van der Waals surface area contributed by atoms with Crippen LogP contribution in [0.3, 0.4) is 0 Å². The molecule has 3 nitrogen and oxygen atoms in total. The summed E-state index contributed by atoms with van der Waals surface area (Å²) in [5.74, 6) is 1.55. The highest BCUT2D eigenvalue weighted by Crippen LogP contribution is 2.23. The number of thiocarbonyl (C=S) groups is 1. The largest absolute Gasteiger partial charge is 0.490 e. The first-order chi connectivity index (χ1) is 10.5. The van der Waals surface area contributed by atoms with Crippen LogP contribution in [0.1, 0.15) is 16.7 Å². The topological polar surface area (TPSA) is 44.5 Å². The second kappa shape index (κ2) is 7.61. The minimum absolute atomic E-state index is 0.312. The van der Waals surface area contributed by atoms with Gasteiger partial charge in [-0.05, 0) is 49.2 Å². The standard InChI is InChI=1S/C17H18BrNO2S/c1-11-3-4-12(2)16(9-11)21-8-7-20-15-6-5-13(18)10-14(15)17(19)22/h3-6,9-10H,7-8H2,1-2H3,(H2,19,22). The minimum atomic E-state index is 0.312. The van der Waals surface area contributed by atoms with E-state index in [-0.39, 0.29) is 0 Å². The third-order valence-corrected chi connectivity index (χ3v) is 3.86. The van der Waals surface area contributed by atoms with E-state index in [4.69, 9.17) is 27.4 Å². The van der Waals surface area contributed by atoms with E-state index < -0.39 is 0 Å². The predicted molar refractivity (Wildman–Crippen MR) is 96.9 cm³/mol. The number of hydrogen-bond acceptors (Lipinski definition) is 3. The van der Waals surface area contributed by atoms with Crippen LogP contribution in [-0.2, 0) is 0 Å². The number of rotatable bonds is 6. The van der Waals surface area contributed by atoms with Crippen molar-refractivity contribution in [2.45, 2.75) is 13.8 Å². The van der Waals surface area contributed by atoms with Crippen LogP contribution >= 0.6 is 28.1 Å². The Balaban J connectivity index is 1.94. The van der Waals surface area contributed by atoms with Crippen LogP contribution in [-0.4, -0.2) is 18.2 Å². The number of halogens is 1. The Bertz CT molecular complexity index is 688. The summed E-state index contributed by atoms with van der Waals surface area (Å²) >= 11 is 8.44. The second-order valence-electron chi connectivity index (χ2n) is 4.97. The third-order valence-electron chi connectivity index (χ3n) is 3.15. The summed E-state index contributed by atoms with van der Waals surface area (Å²) in [4.78, 5) is 0.312. The summed E-state index contributed by atoms with van der Waals surface area (Å²) in [6, 6.07) is 11.7. The zero-order valence-corrected chi connectivity index (χ0v) is 15.0. The van der Waals surface area contributed by atoms with Gasteiger partial charge in [-0.2, -0.15) is 0 Å². The summed E-state index contributed by atoms with van der Waals surface area (Å²) < 4.78 is 12.4. The van der Waals surface area contributed by atoms with Crippen LogP contribution in [0.2, 0.25) is 0 Å². The van der Waals surface area contributed by atoms with Crippen LogP contribution in [0, 0.1) is 13.8 Å². The second-order valence-corrected chi connectivity index (χ2v) is 6.33. The van der Waals surface area contributed by atoms with Crippen LogP contribution < -0.4 is 15.2 Å². The lowest BCUT2D eigenvalue weighted by atomic mass is 10.1. The van der Waals surface area contributed by atoms with Gasteiger partial charge in [0.2, 0.25) is 0 Å². The highest BCUT2D eigenvalue weighted by atomic mass is 79.9. The van der Waals surface area contributed by atoms with Gasteiger partial charge < -0.3 is 15.2 Å². The van der Waals surface area contributed by atoms with Crippen LogP contribution in [0.4, 0.5) is 0 Å². The molecule has 0 aliphatic heterocycles. The van der Waals surface area contributed by atoms with Crippen molar-refractivity contribution in [1.82, 2.24) is 0 Å². The average molecular weight is 380 g/mol. The van der Waals surface area contributed by atoms with Gasteiger partial charge in [-0.25, -0.2) is 0 Å². The maximum absolute atomic E-state index is 5.77. The van der Waals surface area contributed by atoms with E-state index in [2.05, 4.69) is 22.0 Å². The van der Waals surface area contributed by atoms with E-state index in [1.807, 2.05) is 44.2 Å². The van der Waals surface area contributed by atoms with Crippen LogP contribution in [0.5, 0.6) is 11.5 Å². The van der Waals surface area contributed by atoms with Crippen molar-refractivity contribution in [3.63, 3.8) is 0 Å². The maximum Gasteiger partial charge on any atom is 0.129 e. The van der Waals surface area contributed by atoms with E-state index >= 15 is 0 Å². The summed E-state index contributed by atoms with van der Waals surface area (Å²) in [5.41, 5.74) is 8.71. The van der Waals surface area contributed by atoms with Gasteiger partial charge in [-0.3, -0.25) is 0 Å². The molecule has 22 heavy (non-hydrogen) atoms. The Labute approximate surface area is 144 Å². The zero-order chi connectivity index (χ0) is 16.1. The van der Waals surface area contributed by atoms with Crippen molar-refractivity contribution in [2.24, 2.45) is 5.73 Å². The Morgan fingerprint density at radius 1 is 1.05 bits per heavy atom. The normalized spacial score (nSPS) is 10.3. The van der Waals surface area contributed by atoms with Gasteiger partial charge >= 0.3 is 0 Å². The highest BCUT2D eigenvalue weighted by molar-refractivity contribution is 9.10. The van der Waals surface area contributed by atoms with E-state index in [1.54, 1.807) is 0 Å². The molecule has 0 aliphatic rings. The molecule has 2 aromatic rings. The maximum atomic E-state index is 5.77. The molecule has 0 atom stereocenters. The molecule has 0 saturated carbocycles. The number of hydrogen-bond donors (Lipinski definition) is 1. The fraction of sp³-hybridized carbons (Fsp3) is 0.235. The van der Waals surface area contributed by atoms with Gasteiger partial charge in [-0.15, -0.1) is 0 Å². The van der Waals surface area contributed by atoms with Gasteiger partial charge in [0, 0.05) is 4.47 Å². The number of aryl methyl sites for hydroxylation is 2. The first-order valence-corrected chi connectivity index (χ1v) is 8.09. The molecule has 2 rings (SSSR count). The average Bonchev–Trinajstić information content (AvgIpc) is 2.48. The Kier molecular flexibility index (Phi) is 5.80. The molecule has 0 radical (unpaired) electrons. The molecular weight excluding hydrogens is 362 g/mol. The summed E-state index contributed by atoms with van der Waals surface area (Å²) in [7, 11) is 0. The van der Waals surface area contributed by atoms with Crippen molar-refractivity contribution in [3.05, 3.63) is 57.6 Å². The highest BCUT2D eigenvalue weighted by Gasteiger charge is 2.07. The lowest BCUT2D eigenvalue weighted by Crippen LogP contribution is -2.15. The molecule has 0 heterocycles. The fourth-order valence-electron chi connectivity index (χ4n) is 1.99. The summed E-state index contributed by atoms with van der Waals surface area (Å²) in [5, 5.41) is 0. The minimum Gasteiger partial charge on any atom is -0.490 e. The van der Waals surface area contributed by atoms with E-state index in [9.17, 15) is 0 Å². The Morgan fingerprint density at radius 2 is 1.73 bits per heavy atom. The monoisotopic (exact) mass is 379 g/mol.